The van der Waals surface area contributed by atoms with Crippen LogP contribution in [0.3, 0.4) is 0 Å². The van der Waals surface area contributed by atoms with E-state index in [1.807, 2.05) is 0 Å². The van der Waals surface area contributed by atoms with Crippen LogP contribution in [0, 0.1) is 5.82 Å². The van der Waals surface area contributed by atoms with Gasteiger partial charge >= 0.3 is 0 Å². The topological polar surface area (TPSA) is 29.5 Å². The van der Waals surface area contributed by atoms with Crippen molar-refractivity contribution in [3.8, 4) is 5.75 Å². The third kappa shape index (κ3) is 2.11. The first-order valence-corrected chi connectivity index (χ1v) is 5.26. The minimum Gasteiger partial charge on any atom is -0.493 e. The highest BCUT2D eigenvalue weighted by Gasteiger charge is 2.46. The van der Waals surface area contributed by atoms with E-state index in [0.717, 1.165) is 12.1 Å². The van der Waals surface area contributed by atoms with Gasteiger partial charge in [0.15, 0.2) is 11.6 Å². The van der Waals surface area contributed by atoms with Gasteiger partial charge in [-0.05, 0) is 25.0 Å². The van der Waals surface area contributed by atoms with Crippen LogP contribution in [-0.2, 0) is 11.5 Å². The Kier molecular flexibility index (Phi) is 2.61. The Morgan fingerprint density at radius 2 is 1.94 bits per heavy atom. The molecule has 0 saturated heterocycles. The van der Waals surface area contributed by atoms with Gasteiger partial charge in [0.25, 0.3) is 5.92 Å². The molecule has 17 heavy (non-hydrogen) atoms. The number of methoxy groups -OCH3 is 1. The van der Waals surface area contributed by atoms with Gasteiger partial charge in [0, 0.05) is 18.1 Å². The first-order chi connectivity index (χ1) is 7.78. The van der Waals surface area contributed by atoms with Crippen molar-refractivity contribution in [3.63, 3.8) is 0 Å². The molecule has 94 valence electrons. The maximum absolute atomic E-state index is 13.6. The fourth-order valence-electron chi connectivity index (χ4n) is 1.79. The van der Waals surface area contributed by atoms with Gasteiger partial charge in [0.2, 0.25) is 0 Å². The summed E-state index contributed by atoms with van der Waals surface area (Å²) in [4.78, 5) is 0. The zero-order valence-electron chi connectivity index (χ0n) is 9.56. The molecular formula is C12H13F3O2. The molecule has 1 N–H and O–H groups in total. The maximum atomic E-state index is 13.6. The molecule has 0 atom stereocenters. The van der Waals surface area contributed by atoms with Crippen molar-refractivity contribution in [2.45, 2.75) is 31.3 Å². The molecule has 2 nitrogen and oxygen atoms in total. The van der Waals surface area contributed by atoms with E-state index in [-0.39, 0.29) is 11.3 Å². The van der Waals surface area contributed by atoms with Gasteiger partial charge in [0.05, 0.1) is 12.7 Å². The number of benzene rings is 1. The molecule has 0 spiro atoms. The lowest BCUT2D eigenvalue weighted by molar-refractivity contribution is 0.0167. The smallest absolute Gasteiger partial charge is 0.270 e. The molecule has 0 amide bonds. The summed E-state index contributed by atoms with van der Waals surface area (Å²) in [7, 11) is 1.25. The zero-order chi connectivity index (χ0) is 12.8. The number of ether oxygens (including phenoxy) is 1. The normalized spacial score (nSPS) is 18.0. The maximum Gasteiger partial charge on any atom is 0.270 e. The summed E-state index contributed by atoms with van der Waals surface area (Å²) >= 11 is 0. The van der Waals surface area contributed by atoms with Crippen LogP contribution in [0.25, 0.3) is 0 Å². The molecule has 1 aromatic rings. The molecule has 0 heterocycles. The molecule has 0 bridgehead atoms. The van der Waals surface area contributed by atoms with E-state index in [0.29, 0.717) is 19.8 Å². The lowest BCUT2D eigenvalue weighted by Crippen LogP contribution is -2.14. The molecule has 1 aliphatic rings. The zero-order valence-corrected chi connectivity index (χ0v) is 9.56. The Bertz CT molecular complexity index is 448. The number of rotatable bonds is 3. The van der Waals surface area contributed by atoms with Crippen LogP contribution < -0.4 is 4.74 Å². The summed E-state index contributed by atoms with van der Waals surface area (Å²) in [5, 5.41) is 9.94. The molecule has 1 saturated carbocycles. The average molecular weight is 246 g/mol. The van der Waals surface area contributed by atoms with E-state index in [9.17, 15) is 18.3 Å². The molecule has 1 aliphatic carbocycles. The number of alkyl halides is 2. The Hall–Kier alpha value is -1.23. The SMILES string of the molecule is COc1c(F)cc(C(C)(F)F)cc1C1(O)CC1. The summed E-state index contributed by atoms with van der Waals surface area (Å²) in [6, 6.07) is 1.86. The molecular weight excluding hydrogens is 233 g/mol. The molecule has 0 unspecified atom stereocenters. The molecule has 0 aromatic heterocycles. The minimum absolute atomic E-state index is 0.108. The van der Waals surface area contributed by atoms with E-state index in [4.69, 9.17) is 4.74 Å². The van der Waals surface area contributed by atoms with Crippen LogP contribution >= 0.6 is 0 Å². The second-order valence-electron chi connectivity index (χ2n) is 4.46. The second kappa shape index (κ2) is 3.63. The van der Waals surface area contributed by atoms with Crippen molar-refractivity contribution in [3.05, 3.63) is 29.1 Å². The quantitative estimate of drug-likeness (QED) is 0.888. The Morgan fingerprint density at radius 1 is 1.35 bits per heavy atom. The first-order valence-electron chi connectivity index (χ1n) is 5.26. The van der Waals surface area contributed by atoms with Crippen LogP contribution in [0.4, 0.5) is 13.2 Å². The summed E-state index contributed by atoms with van der Waals surface area (Å²) in [5.41, 5.74) is -1.56. The monoisotopic (exact) mass is 246 g/mol. The summed E-state index contributed by atoms with van der Waals surface area (Å²) < 4.78 is 44.8. The number of hydrogen-bond acceptors (Lipinski definition) is 2. The van der Waals surface area contributed by atoms with Gasteiger partial charge in [-0.3, -0.25) is 0 Å². The van der Waals surface area contributed by atoms with Crippen molar-refractivity contribution >= 4 is 0 Å². The summed E-state index contributed by atoms with van der Waals surface area (Å²) in [5.74, 6) is -4.17. The van der Waals surface area contributed by atoms with E-state index in [2.05, 4.69) is 0 Å². The van der Waals surface area contributed by atoms with Crippen LogP contribution in [0.2, 0.25) is 0 Å². The highest BCUT2D eigenvalue weighted by molar-refractivity contribution is 5.45. The third-order valence-corrected chi connectivity index (χ3v) is 2.98. The van der Waals surface area contributed by atoms with Gasteiger partial charge < -0.3 is 9.84 Å². The second-order valence-corrected chi connectivity index (χ2v) is 4.46. The molecule has 2 rings (SSSR count). The highest BCUT2D eigenvalue weighted by atomic mass is 19.3. The Morgan fingerprint density at radius 3 is 2.35 bits per heavy atom. The molecule has 5 heteroatoms. The van der Waals surface area contributed by atoms with Crippen LogP contribution in [0.15, 0.2) is 12.1 Å². The molecule has 0 radical (unpaired) electrons. The van der Waals surface area contributed by atoms with E-state index in [1.165, 1.54) is 7.11 Å². The number of aliphatic hydroxyl groups is 1. The van der Waals surface area contributed by atoms with Gasteiger partial charge in [-0.25, -0.2) is 13.2 Å². The van der Waals surface area contributed by atoms with Crippen molar-refractivity contribution in [1.82, 2.24) is 0 Å². The standard InChI is InChI=1S/C12H13F3O2/c1-11(14,15)7-5-8(12(16)3-4-12)10(17-2)9(13)6-7/h5-6,16H,3-4H2,1-2H3. The average Bonchev–Trinajstić information content (AvgIpc) is 2.95. The predicted octanol–water partition coefficient (Wildman–Crippen LogP) is 2.93. The van der Waals surface area contributed by atoms with Crippen molar-refractivity contribution in [2.75, 3.05) is 7.11 Å². The Balaban J connectivity index is 2.59. The molecule has 1 fully saturated rings. The fraction of sp³-hybridized carbons (Fsp3) is 0.500. The largest absolute Gasteiger partial charge is 0.493 e. The summed E-state index contributed by atoms with van der Waals surface area (Å²) in [6.07, 6.45) is 0.864. The predicted molar refractivity (Wildman–Crippen MR) is 55.7 cm³/mol. The van der Waals surface area contributed by atoms with Crippen molar-refractivity contribution in [1.29, 1.82) is 0 Å². The number of halogens is 3. The summed E-state index contributed by atoms with van der Waals surface area (Å²) in [6.45, 7) is 0.689. The first kappa shape index (κ1) is 12.2. The third-order valence-electron chi connectivity index (χ3n) is 2.98. The molecule has 1 aromatic carbocycles. The van der Waals surface area contributed by atoms with E-state index in [1.54, 1.807) is 0 Å². The van der Waals surface area contributed by atoms with Gasteiger partial charge in [-0.2, -0.15) is 0 Å². The van der Waals surface area contributed by atoms with E-state index >= 15 is 0 Å². The fourth-order valence-corrected chi connectivity index (χ4v) is 1.79. The minimum atomic E-state index is -3.15. The van der Waals surface area contributed by atoms with E-state index < -0.39 is 22.9 Å². The van der Waals surface area contributed by atoms with Gasteiger partial charge in [-0.1, -0.05) is 0 Å². The van der Waals surface area contributed by atoms with Crippen molar-refractivity contribution < 1.29 is 23.0 Å². The molecule has 0 aliphatic heterocycles. The van der Waals surface area contributed by atoms with Gasteiger partial charge in [0.1, 0.15) is 0 Å². The highest BCUT2D eigenvalue weighted by Crippen LogP contribution is 2.50. The van der Waals surface area contributed by atoms with Crippen LogP contribution in [-0.4, -0.2) is 12.2 Å². The number of hydrogen-bond donors (Lipinski definition) is 1. The lowest BCUT2D eigenvalue weighted by Gasteiger charge is -2.18. The Labute approximate surface area is 97.0 Å². The van der Waals surface area contributed by atoms with Crippen LogP contribution in [0.1, 0.15) is 30.9 Å². The van der Waals surface area contributed by atoms with Crippen molar-refractivity contribution in [2.24, 2.45) is 0 Å². The van der Waals surface area contributed by atoms with Crippen LogP contribution in [0.5, 0.6) is 5.75 Å². The lowest BCUT2D eigenvalue weighted by atomic mass is 10.00. The van der Waals surface area contributed by atoms with Gasteiger partial charge in [-0.15, -0.1) is 0 Å².